The van der Waals surface area contributed by atoms with Gasteiger partial charge in [-0.3, -0.25) is 0 Å². The average molecular weight is 160 g/mol. The molecule has 58 valence electrons. The molecule has 0 amide bonds. The van der Waals surface area contributed by atoms with Gasteiger partial charge in [-0.1, -0.05) is 19.1 Å². The minimum absolute atomic E-state index is 0.220. The minimum Gasteiger partial charge on any atom is -0.228 e. The molecule has 1 unspecified atom stereocenters. The Labute approximate surface area is 61.9 Å². The summed E-state index contributed by atoms with van der Waals surface area (Å²) in [4.78, 5) is 0. The summed E-state index contributed by atoms with van der Waals surface area (Å²) in [5, 5.41) is 0. The summed E-state index contributed by atoms with van der Waals surface area (Å²) in [6.45, 7) is 3.67. The van der Waals surface area contributed by atoms with Crippen molar-refractivity contribution in [1.82, 2.24) is 0 Å². The zero-order valence-corrected chi connectivity index (χ0v) is 7.11. The molecule has 0 saturated carbocycles. The number of hydrogen-bond donors (Lipinski definition) is 0. The second kappa shape index (κ2) is 2.09. The Balaban J connectivity index is 3.08. The molecule has 1 aliphatic rings. The van der Waals surface area contributed by atoms with Crippen LogP contribution < -0.4 is 0 Å². The lowest BCUT2D eigenvalue weighted by molar-refractivity contribution is 0.566. The van der Waals surface area contributed by atoms with E-state index >= 15 is 0 Å². The summed E-state index contributed by atoms with van der Waals surface area (Å²) >= 11 is 0. The Morgan fingerprint density at radius 3 is 2.40 bits per heavy atom. The molecule has 2 nitrogen and oxygen atoms in total. The maximum atomic E-state index is 11.3. The zero-order valence-electron chi connectivity index (χ0n) is 6.29. The van der Waals surface area contributed by atoms with Crippen molar-refractivity contribution < 1.29 is 8.42 Å². The first-order valence-corrected chi connectivity index (χ1v) is 5.07. The monoisotopic (exact) mass is 160 g/mol. The van der Waals surface area contributed by atoms with Crippen LogP contribution in [0.15, 0.2) is 12.2 Å². The van der Waals surface area contributed by atoms with Gasteiger partial charge in [0.1, 0.15) is 0 Å². The molecule has 1 rings (SSSR count). The molecular weight excluding hydrogens is 148 g/mol. The quantitative estimate of drug-likeness (QED) is 0.539. The van der Waals surface area contributed by atoms with Gasteiger partial charge in [0.15, 0.2) is 9.84 Å². The van der Waals surface area contributed by atoms with Crippen LogP contribution in [0.1, 0.15) is 20.3 Å². The van der Waals surface area contributed by atoms with Crippen LogP contribution in [-0.4, -0.2) is 18.9 Å². The fraction of sp³-hybridized carbons (Fsp3) is 0.714. The molecule has 0 aromatic heterocycles. The molecular formula is C7H12O2S. The van der Waals surface area contributed by atoms with Crippen LogP contribution in [0.5, 0.6) is 0 Å². The Morgan fingerprint density at radius 1 is 1.60 bits per heavy atom. The first-order chi connectivity index (χ1) is 4.52. The maximum Gasteiger partial charge on any atom is 0.162 e. The first-order valence-electron chi connectivity index (χ1n) is 3.42. The molecule has 0 aromatic carbocycles. The second-order valence-corrected chi connectivity index (χ2v) is 5.35. The number of sulfone groups is 1. The van der Waals surface area contributed by atoms with Crippen molar-refractivity contribution in [1.29, 1.82) is 0 Å². The Kier molecular flexibility index (Phi) is 1.63. The van der Waals surface area contributed by atoms with Crippen LogP contribution in [0.3, 0.4) is 0 Å². The molecule has 3 heteroatoms. The van der Waals surface area contributed by atoms with Crippen molar-refractivity contribution in [3.63, 3.8) is 0 Å². The van der Waals surface area contributed by atoms with Gasteiger partial charge in [-0.05, 0) is 13.3 Å². The fourth-order valence-corrected chi connectivity index (χ4v) is 2.53. The highest BCUT2D eigenvalue weighted by molar-refractivity contribution is 7.93. The Hall–Kier alpha value is -0.310. The normalized spacial score (nSPS) is 36.6. The Morgan fingerprint density at radius 2 is 2.20 bits per heavy atom. The van der Waals surface area contributed by atoms with Crippen LogP contribution in [-0.2, 0) is 9.84 Å². The van der Waals surface area contributed by atoms with Gasteiger partial charge in [-0.2, -0.15) is 0 Å². The van der Waals surface area contributed by atoms with E-state index in [2.05, 4.69) is 0 Å². The lowest BCUT2D eigenvalue weighted by Gasteiger charge is -2.18. The number of hydrogen-bond acceptors (Lipinski definition) is 2. The van der Waals surface area contributed by atoms with Crippen LogP contribution >= 0.6 is 0 Å². The van der Waals surface area contributed by atoms with Gasteiger partial charge in [0.2, 0.25) is 0 Å². The highest BCUT2D eigenvalue weighted by Gasteiger charge is 2.37. The van der Waals surface area contributed by atoms with Crippen molar-refractivity contribution in [2.75, 3.05) is 5.75 Å². The summed E-state index contributed by atoms with van der Waals surface area (Å²) < 4.78 is 21.9. The first kappa shape index (κ1) is 7.79. The van der Waals surface area contributed by atoms with Crippen molar-refractivity contribution >= 4 is 9.84 Å². The molecule has 0 radical (unpaired) electrons. The third kappa shape index (κ3) is 0.888. The largest absolute Gasteiger partial charge is 0.228 e. The van der Waals surface area contributed by atoms with Gasteiger partial charge in [-0.25, -0.2) is 8.42 Å². The molecule has 0 saturated heterocycles. The molecule has 1 heterocycles. The lowest BCUT2D eigenvalue weighted by Crippen LogP contribution is -2.29. The fourth-order valence-electron chi connectivity index (χ4n) is 1.06. The Bertz CT molecular complexity index is 251. The molecule has 0 aliphatic carbocycles. The van der Waals surface area contributed by atoms with Gasteiger partial charge >= 0.3 is 0 Å². The van der Waals surface area contributed by atoms with Gasteiger partial charge < -0.3 is 0 Å². The van der Waals surface area contributed by atoms with Gasteiger partial charge in [0.05, 0.1) is 10.5 Å². The van der Waals surface area contributed by atoms with Crippen LogP contribution in [0.4, 0.5) is 0 Å². The summed E-state index contributed by atoms with van der Waals surface area (Å²) in [6.07, 6.45) is 4.20. The predicted molar refractivity (Wildman–Crippen MR) is 41.6 cm³/mol. The molecule has 1 atom stereocenters. The molecule has 0 N–H and O–H groups in total. The van der Waals surface area contributed by atoms with Crippen LogP contribution in [0, 0.1) is 0 Å². The zero-order chi connectivity index (χ0) is 7.83. The van der Waals surface area contributed by atoms with Crippen molar-refractivity contribution in [2.45, 2.75) is 25.0 Å². The summed E-state index contributed by atoms with van der Waals surface area (Å²) in [5.41, 5.74) is 0. The summed E-state index contributed by atoms with van der Waals surface area (Å²) in [7, 11) is -2.85. The van der Waals surface area contributed by atoms with Crippen molar-refractivity contribution in [3.05, 3.63) is 12.2 Å². The second-order valence-electron chi connectivity index (χ2n) is 2.85. The maximum absolute atomic E-state index is 11.3. The van der Waals surface area contributed by atoms with Crippen molar-refractivity contribution in [2.24, 2.45) is 0 Å². The van der Waals surface area contributed by atoms with Gasteiger partial charge in [0, 0.05) is 0 Å². The number of rotatable bonds is 1. The van der Waals surface area contributed by atoms with E-state index < -0.39 is 14.6 Å². The van der Waals surface area contributed by atoms with Crippen molar-refractivity contribution in [3.8, 4) is 0 Å². The van der Waals surface area contributed by atoms with E-state index in [0.717, 1.165) is 0 Å². The minimum atomic E-state index is -2.85. The third-order valence-electron chi connectivity index (χ3n) is 2.20. The molecule has 0 aromatic rings. The van der Waals surface area contributed by atoms with E-state index in [4.69, 9.17) is 0 Å². The highest BCUT2D eigenvalue weighted by Crippen LogP contribution is 2.28. The molecule has 0 bridgehead atoms. The standard InChI is InChI=1S/C7H12O2S/c1-3-7(2)5-4-6-10(7,8)9/h4-5H,3,6H2,1-2H3. The highest BCUT2D eigenvalue weighted by atomic mass is 32.2. The third-order valence-corrected chi connectivity index (χ3v) is 4.68. The molecule has 10 heavy (non-hydrogen) atoms. The van der Waals surface area contributed by atoms with E-state index in [-0.39, 0.29) is 5.75 Å². The van der Waals surface area contributed by atoms with E-state index in [1.165, 1.54) is 0 Å². The van der Waals surface area contributed by atoms with Crippen LogP contribution in [0.25, 0.3) is 0 Å². The topological polar surface area (TPSA) is 34.1 Å². The smallest absolute Gasteiger partial charge is 0.162 e. The molecule has 0 fully saturated rings. The molecule has 1 aliphatic heterocycles. The predicted octanol–water partition coefficient (Wildman–Crippen LogP) is 1.14. The summed E-state index contributed by atoms with van der Waals surface area (Å²) in [6, 6.07) is 0. The summed E-state index contributed by atoms with van der Waals surface area (Å²) in [5.74, 6) is 0.220. The molecule has 0 spiro atoms. The van der Waals surface area contributed by atoms with Crippen LogP contribution in [0.2, 0.25) is 0 Å². The van der Waals surface area contributed by atoms with E-state index in [1.54, 1.807) is 19.1 Å². The van der Waals surface area contributed by atoms with E-state index in [0.29, 0.717) is 6.42 Å². The van der Waals surface area contributed by atoms with Gasteiger partial charge in [0.25, 0.3) is 0 Å². The average Bonchev–Trinajstić information content (AvgIpc) is 2.10. The van der Waals surface area contributed by atoms with Gasteiger partial charge in [-0.15, -0.1) is 0 Å². The lowest BCUT2D eigenvalue weighted by atomic mass is 10.1. The SMILES string of the molecule is CCC1(C)C=CCS1(=O)=O. The van der Waals surface area contributed by atoms with E-state index in [1.807, 2.05) is 6.92 Å². The van der Waals surface area contributed by atoms with E-state index in [9.17, 15) is 8.42 Å².